The fourth-order valence-corrected chi connectivity index (χ4v) is 1.62. The minimum atomic E-state index is -0.511. The quantitative estimate of drug-likeness (QED) is 0.905. The van der Waals surface area contributed by atoms with Crippen molar-refractivity contribution in [2.75, 3.05) is 6.54 Å². The van der Waals surface area contributed by atoms with E-state index >= 15 is 0 Å². The first kappa shape index (κ1) is 13.8. The minimum Gasteiger partial charge on any atom is -0.439 e. The molecule has 100 valence electrons. The molecule has 2 aromatic rings. The Bertz CT molecular complexity index is 546. The van der Waals surface area contributed by atoms with Gasteiger partial charge in [0, 0.05) is 24.9 Å². The fourth-order valence-electron chi connectivity index (χ4n) is 1.51. The van der Waals surface area contributed by atoms with Gasteiger partial charge in [0.1, 0.15) is 11.6 Å². The number of ether oxygens (including phenoxy) is 1. The summed E-state index contributed by atoms with van der Waals surface area (Å²) in [4.78, 5) is 4.16. The van der Waals surface area contributed by atoms with Gasteiger partial charge < -0.3 is 10.1 Å². The van der Waals surface area contributed by atoms with E-state index in [9.17, 15) is 4.39 Å². The number of nitrogens with one attached hydrogen (secondary N) is 1. The third-order valence-electron chi connectivity index (χ3n) is 2.49. The second-order valence-corrected chi connectivity index (χ2v) is 4.37. The van der Waals surface area contributed by atoms with Crippen molar-refractivity contribution in [1.82, 2.24) is 10.3 Å². The van der Waals surface area contributed by atoms with Gasteiger partial charge in [0.05, 0.1) is 5.02 Å². The van der Waals surface area contributed by atoms with Crippen LogP contribution >= 0.6 is 11.6 Å². The predicted molar refractivity (Wildman–Crippen MR) is 73.1 cm³/mol. The molecule has 0 aliphatic carbocycles. The van der Waals surface area contributed by atoms with Crippen molar-refractivity contribution in [2.24, 2.45) is 0 Å². The van der Waals surface area contributed by atoms with Crippen LogP contribution in [0.15, 0.2) is 36.5 Å². The molecule has 2 rings (SSSR count). The van der Waals surface area contributed by atoms with Crippen LogP contribution in [0.3, 0.4) is 0 Å². The molecule has 1 aromatic heterocycles. The van der Waals surface area contributed by atoms with E-state index in [1.165, 1.54) is 12.1 Å². The number of halogens is 2. The SMILES string of the molecule is CCNCc1ccc(Oc2ccc(Cl)c(F)c2)nc1. The van der Waals surface area contributed by atoms with E-state index < -0.39 is 5.82 Å². The van der Waals surface area contributed by atoms with E-state index in [-0.39, 0.29) is 5.02 Å². The van der Waals surface area contributed by atoms with Gasteiger partial charge in [-0.05, 0) is 24.2 Å². The van der Waals surface area contributed by atoms with Crippen LogP contribution in [0, 0.1) is 5.82 Å². The molecule has 0 radical (unpaired) electrons. The summed E-state index contributed by atoms with van der Waals surface area (Å²) in [6.45, 7) is 3.71. The van der Waals surface area contributed by atoms with Crippen molar-refractivity contribution in [1.29, 1.82) is 0 Å². The summed E-state index contributed by atoms with van der Waals surface area (Å²) in [5.74, 6) is 0.277. The van der Waals surface area contributed by atoms with Crippen LogP contribution in [0.25, 0.3) is 0 Å². The Morgan fingerprint density at radius 1 is 1.32 bits per heavy atom. The topological polar surface area (TPSA) is 34.1 Å². The van der Waals surface area contributed by atoms with E-state index in [0.29, 0.717) is 11.6 Å². The molecule has 0 amide bonds. The van der Waals surface area contributed by atoms with Gasteiger partial charge in [0.2, 0.25) is 5.88 Å². The molecule has 0 atom stereocenters. The van der Waals surface area contributed by atoms with Crippen LogP contribution in [0.4, 0.5) is 4.39 Å². The Morgan fingerprint density at radius 2 is 2.16 bits per heavy atom. The third-order valence-corrected chi connectivity index (χ3v) is 2.80. The molecule has 0 spiro atoms. The average Bonchev–Trinajstić information content (AvgIpc) is 2.42. The van der Waals surface area contributed by atoms with Crippen molar-refractivity contribution < 1.29 is 9.13 Å². The zero-order valence-electron chi connectivity index (χ0n) is 10.5. The molecule has 0 aliphatic rings. The van der Waals surface area contributed by atoms with E-state index in [2.05, 4.69) is 10.3 Å². The Labute approximate surface area is 116 Å². The first-order chi connectivity index (χ1) is 9.19. The summed E-state index contributed by atoms with van der Waals surface area (Å²) in [6.07, 6.45) is 1.73. The second-order valence-electron chi connectivity index (χ2n) is 3.96. The lowest BCUT2D eigenvalue weighted by Gasteiger charge is -2.06. The molecule has 0 bridgehead atoms. The van der Waals surface area contributed by atoms with E-state index in [1.54, 1.807) is 18.3 Å². The predicted octanol–water partition coefficient (Wildman–Crippen LogP) is 3.78. The van der Waals surface area contributed by atoms with Crippen LogP contribution in [-0.4, -0.2) is 11.5 Å². The van der Waals surface area contributed by atoms with Gasteiger partial charge in [-0.3, -0.25) is 0 Å². The number of aromatic nitrogens is 1. The van der Waals surface area contributed by atoms with E-state index in [4.69, 9.17) is 16.3 Å². The fraction of sp³-hybridized carbons (Fsp3) is 0.214. The van der Waals surface area contributed by atoms with Crippen LogP contribution < -0.4 is 10.1 Å². The zero-order chi connectivity index (χ0) is 13.7. The minimum absolute atomic E-state index is 0.0706. The third kappa shape index (κ3) is 3.91. The Hall–Kier alpha value is -1.65. The lowest BCUT2D eigenvalue weighted by Crippen LogP contribution is -2.11. The molecule has 1 N–H and O–H groups in total. The molecule has 0 fully saturated rings. The van der Waals surface area contributed by atoms with Gasteiger partial charge in [-0.2, -0.15) is 0 Å². The maximum absolute atomic E-state index is 13.2. The average molecular weight is 281 g/mol. The Balaban J connectivity index is 2.04. The van der Waals surface area contributed by atoms with Crippen LogP contribution in [-0.2, 0) is 6.54 Å². The van der Waals surface area contributed by atoms with Crippen molar-refractivity contribution in [2.45, 2.75) is 13.5 Å². The van der Waals surface area contributed by atoms with Gasteiger partial charge in [0.25, 0.3) is 0 Å². The van der Waals surface area contributed by atoms with Gasteiger partial charge in [-0.25, -0.2) is 9.37 Å². The number of pyridine rings is 1. The smallest absolute Gasteiger partial charge is 0.219 e. The van der Waals surface area contributed by atoms with Crippen molar-refractivity contribution in [3.8, 4) is 11.6 Å². The van der Waals surface area contributed by atoms with Crippen molar-refractivity contribution >= 4 is 11.6 Å². The molecule has 1 heterocycles. The number of nitrogens with zero attached hydrogens (tertiary/aromatic N) is 1. The van der Waals surface area contributed by atoms with E-state index in [1.807, 2.05) is 13.0 Å². The standard InChI is InChI=1S/C14H14ClFN2O/c1-2-17-8-10-3-6-14(18-9-10)19-11-4-5-12(15)13(16)7-11/h3-7,9,17H,2,8H2,1H3. The van der Waals surface area contributed by atoms with Crippen LogP contribution in [0.2, 0.25) is 5.02 Å². The maximum atomic E-state index is 13.2. The summed E-state index contributed by atoms with van der Waals surface area (Å²) in [7, 11) is 0. The monoisotopic (exact) mass is 280 g/mol. The lowest BCUT2D eigenvalue weighted by atomic mass is 10.3. The second kappa shape index (κ2) is 6.50. The van der Waals surface area contributed by atoms with Gasteiger partial charge >= 0.3 is 0 Å². The summed E-state index contributed by atoms with van der Waals surface area (Å²) < 4.78 is 18.7. The highest BCUT2D eigenvalue weighted by atomic mass is 35.5. The highest BCUT2D eigenvalue weighted by Crippen LogP contribution is 2.24. The first-order valence-corrected chi connectivity index (χ1v) is 6.35. The van der Waals surface area contributed by atoms with Gasteiger partial charge in [-0.1, -0.05) is 24.6 Å². The van der Waals surface area contributed by atoms with Crippen molar-refractivity contribution in [3.63, 3.8) is 0 Å². The number of benzene rings is 1. The molecular weight excluding hydrogens is 267 g/mol. The zero-order valence-corrected chi connectivity index (χ0v) is 11.2. The molecule has 0 aliphatic heterocycles. The molecule has 5 heteroatoms. The molecule has 0 saturated heterocycles. The van der Waals surface area contributed by atoms with Gasteiger partial charge in [-0.15, -0.1) is 0 Å². The first-order valence-electron chi connectivity index (χ1n) is 5.97. The highest BCUT2D eigenvalue weighted by molar-refractivity contribution is 6.30. The molecule has 0 saturated carbocycles. The Morgan fingerprint density at radius 3 is 2.79 bits per heavy atom. The summed E-state index contributed by atoms with van der Waals surface area (Å²) in [6, 6.07) is 7.94. The number of rotatable bonds is 5. The summed E-state index contributed by atoms with van der Waals surface area (Å²) >= 11 is 5.60. The van der Waals surface area contributed by atoms with Crippen LogP contribution in [0.1, 0.15) is 12.5 Å². The molecule has 19 heavy (non-hydrogen) atoms. The van der Waals surface area contributed by atoms with E-state index in [0.717, 1.165) is 18.7 Å². The largest absolute Gasteiger partial charge is 0.439 e. The highest BCUT2D eigenvalue weighted by Gasteiger charge is 2.04. The molecule has 1 aromatic carbocycles. The van der Waals surface area contributed by atoms with Crippen LogP contribution in [0.5, 0.6) is 11.6 Å². The summed E-state index contributed by atoms with van der Waals surface area (Å²) in [5.41, 5.74) is 1.07. The lowest BCUT2D eigenvalue weighted by molar-refractivity contribution is 0.457. The number of hydrogen-bond acceptors (Lipinski definition) is 3. The maximum Gasteiger partial charge on any atom is 0.219 e. The van der Waals surface area contributed by atoms with Gasteiger partial charge in [0.15, 0.2) is 0 Å². The van der Waals surface area contributed by atoms with Crippen molar-refractivity contribution in [3.05, 3.63) is 52.9 Å². The molecule has 0 unspecified atom stereocenters. The molecular formula is C14H14ClFN2O. The molecule has 3 nitrogen and oxygen atoms in total. The normalized spacial score (nSPS) is 10.5. The summed E-state index contributed by atoms with van der Waals surface area (Å²) in [5, 5.41) is 3.27. The Kier molecular flexibility index (Phi) is 4.71. The number of hydrogen-bond donors (Lipinski definition) is 1.